The third-order valence-corrected chi connectivity index (χ3v) is 10.1. The molecule has 4 fully saturated rings. The van der Waals surface area contributed by atoms with Crippen molar-refractivity contribution in [2.45, 2.75) is 85.7 Å². The standard InChI is InChI=1S/C25H36O4/c1-14(2)11-19(26)29-21(28)23(4)9-6-8-22(3)17(23)7-10-25-13-16-15(12-18(22)25)24(16,5)20(25)27/h12,14-17,20,27H,6-11,13H2,1-5H3/t15-,16+,17+,20-,22-,23-,24+,25-/m1/s1. The molecule has 160 valence electrons. The Hall–Kier alpha value is -1.16. The second kappa shape index (κ2) is 5.75. The second-order valence-electron chi connectivity index (χ2n) is 12.0. The third kappa shape index (κ3) is 2.25. The Bertz CT molecular complexity index is 814. The van der Waals surface area contributed by atoms with Crippen LogP contribution < -0.4 is 0 Å². The molecule has 6 aliphatic rings. The number of carbonyl (C=O) groups is 2. The molecule has 0 aromatic rings. The van der Waals surface area contributed by atoms with Gasteiger partial charge in [-0.25, -0.2) is 0 Å². The van der Waals surface area contributed by atoms with Gasteiger partial charge in [0.2, 0.25) is 0 Å². The van der Waals surface area contributed by atoms with Crippen molar-refractivity contribution in [2.75, 3.05) is 0 Å². The normalized spacial score (nSPS) is 51.8. The number of hydrogen-bond donors (Lipinski definition) is 1. The summed E-state index contributed by atoms with van der Waals surface area (Å²) in [6.45, 7) is 10.6. The van der Waals surface area contributed by atoms with Crippen LogP contribution >= 0.6 is 0 Å². The fourth-order valence-electron chi connectivity index (χ4n) is 8.60. The smallest absolute Gasteiger partial charge is 0.319 e. The van der Waals surface area contributed by atoms with Gasteiger partial charge in [-0.05, 0) is 68.1 Å². The molecular weight excluding hydrogens is 364 g/mol. The van der Waals surface area contributed by atoms with Gasteiger partial charge in [-0.3, -0.25) is 9.59 Å². The minimum atomic E-state index is -0.625. The monoisotopic (exact) mass is 400 g/mol. The zero-order valence-electron chi connectivity index (χ0n) is 18.6. The van der Waals surface area contributed by atoms with Crippen molar-refractivity contribution >= 4 is 11.9 Å². The van der Waals surface area contributed by atoms with E-state index in [2.05, 4.69) is 19.9 Å². The minimum Gasteiger partial charge on any atom is -0.393 e. The Labute approximate surface area is 174 Å². The highest BCUT2D eigenvalue weighted by Crippen LogP contribution is 2.83. The van der Waals surface area contributed by atoms with Crippen LogP contribution in [0.1, 0.15) is 79.6 Å². The molecule has 4 bridgehead atoms. The highest BCUT2D eigenvalue weighted by molar-refractivity contribution is 5.89. The van der Waals surface area contributed by atoms with Crippen molar-refractivity contribution in [3.05, 3.63) is 11.6 Å². The first kappa shape index (κ1) is 19.8. The average Bonchev–Trinajstić information content (AvgIpc) is 3.16. The fourth-order valence-corrected chi connectivity index (χ4v) is 8.60. The van der Waals surface area contributed by atoms with E-state index in [9.17, 15) is 14.7 Å². The van der Waals surface area contributed by atoms with Crippen LogP contribution in [0.5, 0.6) is 0 Å². The molecule has 0 aliphatic heterocycles. The second-order valence-corrected chi connectivity index (χ2v) is 12.0. The van der Waals surface area contributed by atoms with Crippen LogP contribution in [0.3, 0.4) is 0 Å². The Morgan fingerprint density at radius 2 is 1.93 bits per heavy atom. The molecule has 6 aliphatic carbocycles. The van der Waals surface area contributed by atoms with Crippen molar-refractivity contribution in [1.82, 2.24) is 0 Å². The van der Waals surface area contributed by atoms with Crippen molar-refractivity contribution in [2.24, 2.45) is 45.3 Å². The summed E-state index contributed by atoms with van der Waals surface area (Å²) < 4.78 is 5.39. The van der Waals surface area contributed by atoms with E-state index in [4.69, 9.17) is 4.74 Å². The molecule has 29 heavy (non-hydrogen) atoms. The van der Waals surface area contributed by atoms with Gasteiger partial charge in [0.25, 0.3) is 0 Å². The zero-order chi connectivity index (χ0) is 21.0. The van der Waals surface area contributed by atoms with E-state index >= 15 is 0 Å². The molecule has 8 atom stereocenters. The number of ether oxygens (including phenoxy) is 1. The molecule has 4 nitrogen and oxygen atoms in total. The fraction of sp³-hybridized carbons (Fsp3) is 0.840. The maximum Gasteiger partial charge on any atom is 0.319 e. The Balaban J connectivity index is 1.46. The molecule has 0 radical (unpaired) electrons. The van der Waals surface area contributed by atoms with Crippen LogP contribution in [0.25, 0.3) is 0 Å². The van der Waals surface area contributed by atoms with Gasteiger partial charge in [-0.15, -0.1) is 0 Å². The minimum absolute atomic E-state index is 0.0744. The van der Waals surface area contributed by atoms with E-state index in [1.54, 1.807) is 0 Å². The predicted molar refractivity (Wildman–Crippen MR) is 110 cm³/mol. The van der Waals surface area contributed by atoms with Gasteiger partial charge in [0, 0.05) is 17.3 Å². The van der Waals surface area contributed by atoms with Gasteiger partial charge in [0.15, 0.2) is 0 Å². The van der Waals surface area contributed by atoms with Crippen LogP contribution in [-0.4, -0.2) is 23.1 Å². The molecule has 0 unspecified atom stereocenters. The van der Waals surface area contributed by atoms with Crippen LogP contribution in [0.4, 0.5) is 0 Å². The number of rotatable bonds is 3. The summed E-state index contributed by atoms with van der Waals surface area (Å²) in [5, 5.41) is 11.3. The molecule has 4 saturated carbocycles. The lowest BCUT2D eigenvalue weighted by atomic mass is 9.42. The summed E-state index contributed by atoms with van der Waals surface area (Å²) in [6.07, 6.45) is 8.38. The first-order chi connectivity index (χ1) is 13.5. The topological polar surface area (TPSA) is 63.6 Å². The Morgan fingerprint density at radius 1 is 1.21 bits per heavy atom. The lowest BCUT2D eigenvalue weighted by Crippen LogP contribution is -2.58. The molecule has 0 aromatic heterocycles. The quantitative estimate of drug-likeness (QED) is 0.425. The van der Waals surface area contributed by atoms with Gasteiger partial charge >= 0.3 is 11.9 Å². The predicted octanol–water partition coefficient (Wildman–Crippen LogP) is 4.65. The SMILES string of the molecule is CC(C)CC(=O)OC(=O)[C@]1(C)CCC[C@@]2(C)C3=C[C@@H]4[C@@H]5C[C@@]3(CC[C@H]12)[C@H](O)[C@@]45C. The van der Waals surface area contributed by atoms with E-state index < -0.39 is 11.4 Å². The van der Waals surface area contributed by atoms with E-state index in [0.29, 0.717) is 11.8 Å². The largest absolute Gasteiger partial charge is 0.393 e. The molecule has 0 amide bonds. The molecule has 1 N–H and O–H groups in total. The summed E-state index contributed by atoms with van der Waals surface area (Å²) >= 11 is 0. The summed E-state index contributed by atoms with van der Waals surface area (Å²) in [6, 6.07) is 0. The van der Waals surface area contributed by atoms with Crippen molar-refractivity contribution in [1.29, 1.82) is 0 Å². The highest BCUT2D eigenvalue weighted by atomic mass is 16.6. The molecule has 0 heterocycles. The van der Waals surface area contributed by atoms with Crippen LogP contribution in [0.15, 0.2) is 11.6 Å². The first-order valence-electron chi connectivity index (χ1n) is 11.7. The van der Waals surface area contributed by atoms with Gasteiger partial charge in [0.1, 0.15) is 0 Å². The molecule has 1 spiro atoms. The first-order valence-corrected chi connectivity index (χ1v) is 11.7. The number of carbonyl (C=O) groups excluding carboxylic acids is 2. The highest BCUT2D eigenvalue weighted by Gasteiger charge is 2.80. The number of fused-ring (bicyclic) bond motifs is 1. The van der Waals surface area contributed by atoms with Crippen molar-refractivity contribution in [3.63, 3.8) is 0 Å². The summed E-state index contributed by atoms with van der Waals surface area (Å²) in [5.41, 5.74) is 0.751. The summed E-state index contributed by atoms with van der Waals surface area (Å²) in [4.78, 5) is 25.4. The van der Waals surface area contributed by atoms with E-state index in [-0.39, 0.29) is 46.6 Å². The number of hydrogen-bond acceptors (Lipinski definition) is 4. The number of esters is 2. The molecule has 0 saturated heterocycles. The summed E-state index contributed by atoms with van der Waals surface area (Å²) in [5.74, 6) is 0.799. The number of allylic oxidation sites excluding steroid dienone is 1. The Morgan fingerprint density at radius 3 is 2.55 bits per heavy atom. The van der Waals surface area contributed by atoms with Gasteiger partial charge in [0.05, 0.1) is 11.5 Å². The molecule has 0 aromatic carbocycles. The van der Waals surface area contributed by atoms with Crippen molar-refractivity contribution in [3.8, 4) is 0 Å². The van der Waals surface area contributed by atoms with E-state index in [1.165, 1.54) is 5.57 Å². The van der Waals surface area contributed by atoms with E-state index in [1.807, 2.05) is 20.8 Å². The third-order valence-electron chi connectivity index (χ3n) is 10.1. The lowest BCUT2D eigenvalue weighted by molar-refractivity contribution is -0.177. The zero-order valence-corrected chi connectivity index (χ0v) is 18.6. The van der Waals surface area contributed by atoms with Crippen LogP contribution in [-0.2, 0) is 14.3 Å². The Kier molecular flexibility index (Phi) is 3.92. The molecule has 4 heteroatoms. The summed E-state index contributed by atoms with van der Waals surface area (Å²) in [7, 11) is 0. The molecular formula is C25H36O4. The van der Waals surface area contributed by atoms with Crippen LogP contribution in [0.2, 0.25) is 0 Å². The van der Waals surface area contributed by atoms with Gasteiger partial charge in [-0.2, -0.15) is 0 Å². The van der Waals surface area contributed by atoms with Crippen molar-refractivity contribution < 1.29 is 19.4 Å². The number of aliphatic hydroxyl groups is 1. The van der Waals surface area contributed by atoms with Gasteiger partial charge in [-0.1, -0.05) is 45.8 Å². The average molecular weight is 401 g/mol. The number of aliphatic hydroxyl groups excluding tert-OH is 1. The molecule has 6 rings (SSSR count). The van der Waals surface area contributed by atoms with E-state index in [0.717, 1.165) is 38.5 Å². The maximum atomic E-state index is 13.2. The maximum absolute atomic E-state index is 13.2. The lowest BCUT2D eigenvalue weighted by Gasteiger charge is -2.62. The van der Waals surface area contributed by atoms with Gasteiger partial charge < -0.3 is 9.84 Å². The van der Waals surface area contributed by atoms with Crippen LogP contribution in [0, 0.1) is 45.3 Å².